The van der Waals surface area contributed by atoms with Crippen LogP contribution in [0.25, 0.3) is 0 Å². The quantitative estimate of drug-likeness (QED) is 0.777. The maximum atomic E-state index is 12.7. The van der Waals surface area contributed by atoms with Gasteiger partial charge in [-0.05, 0) is 62.1 Å². The van der Waals surface area contributed by atoms with E-state index in [0.29, 0.717) is 17.9 Å². The third kappa shape index (κ3) is 5.57. The number of anilines is 1. The molecule has 0 saturated carbocycles. The molecule has 0 aliphatic carbocycles. The van der Waals surface area contributed by atoms with E-state index < -0.39 is 0 Å². The van der Waals surface area contributed by atoms with Crippen LogP contribution in [0.4, 0.5) is 5.69 Å². The second kappa shape index (κ2) is 9.56. The number of carbonyl (C=O) groups is 2. The van der Waals surface area contributed by atoms with Crippen molar-refractivity contribution >= 4 is 17.5 Å². The summed E-state index contributed by atoms with van der Waals surface area (Å²) < 4.78 is 11.3. The summed E-state index contributed by atoms with van der Waals surface area (Å²) in [7, 11) is 1.62. The first-order chi connectivity index (χ1) is 13.9. The van der Waals surface area contributed by atoms with Gasteiger partial charge >= 0.3 is 0 Å². The first-order valence-corrected chi connectivity index (χ1v) is 9.90. The molecule has 1 heterocycles. The van der Waals surface area contributed by atoms with Gasteiger partial charge in [0.2, 0.25) is 5.91 Å². The zero-order chi connectivity index (χ0) is 20.8. The molecule has 2 aromatic rings. The van der Waals surface area contributed by atoms with Crippen LogP contribution in [-0.2, 0) is 9.53 Å². The molecule has 0 spiro atoms. The number of rotatable bonds is 7. The number of nitrogens with one attached hydrogen (secondary N) is 1. The molecule has 0 unspecified atom stereocenters. The van der Waals surface area contributed by atoms with E-state index in [1.165, 1.54) is 4.90 Å². The van der Waals surface area contributed by atoms with Gasteiger partial charge in [-0.3, -0.25) is 9.59 Å². The lowest BCUT2D eigenvalue weighted by atomic mass is 10.1. The van der Waals surface area contributed by atoms with Gasteiger partial charge in [0, 0.05) is 24.9 Å². The van der Waals surface area contributed by atoms with Crippen LogP contribution < -0.4 is 10.1 Å². The third-order valence-electron chi connectivity index (χ3n) is 5.15. The smallest absolute Gasteiger partial charge is 0.254 e. The minimum absolute atomic E-state index is 0.0345. The minimum atomic E-state index is -0.236. The average Bonchev–Trinajstić information content (AvgIpc) is 3.23. The first-order valence-electron chi connectivity index (χ1n) is 9.90. The minimum Gasteiger partial charge on any atom is -0.491 e. The topological polar surface area (TPSA) is 67.9 Å². The van der Waals surface area contributed by atoms with Gasteiger partial charge in [0.1, 0.15) is 12.4 Å². The van der Waals surface area contributed by atoms with Crippen LogP contribution in [0.15, 0.2) is 42.5 Å². The molecule has 0 bridgehead atoms. The molecule has 29 heavy (non-hydrogen) atoms. The fourth-order valence-corrected chi connectivity index (χ4v) is 3.27. The highest BCUT2D eigenvalue weighted by molar-refractivity contribution is 5.99. The normalized spacial score (nSPS) is 15.8. The maximum Gasteiger partial charge on any atom is 0.254 e. The van der Waals surface area contributed by atoms with E-state index in [2.05, 4.69) is 5.32 Å². The highest BCUT2D eigenvalue weighted by Gasteiger charge is 2.18. The number of hydrogen-bond donors (Lipinski definition) is 1. The van der Waals surface area contributed by atoms with E-state index in [-0.39, 0.29) is 24.5 Å². The van der Waals surface area contributed by atoms with E-state index in [1.807, 2.05) is 38.1 Å². The van der Waals surface area contributed by atoms with Crippen LogP contribution in [0.1, 0.15) is 34.3 Å². The van der Waals surface area contributed by atoms with E-state index in [9.17, 15) is 9.59 Å². The Kier molecular flexibility index (Phi) is 6.88. The largest absolute Gasteiger partial charge is 0.491 e. The summed E-state index contributed by atoms with van der Waals surface area (Å²) in [5, 5.41) is 2.88. The summed E-state index contributed by atoms with van der Waals surface area (Å²) in [5.41, 5.74) is 3.37. The van der Waals surface area contributed by atoms with Gasteiger partial charge < -0.3 is 19.7 Å². The molecule has 3 rings (SSSR count). The van der Waals surface area contributed by atoms with E-state index >= 15 is 0 Å². The molecule has 1 saturated heterocycles. The second-order valence-corrected chi connectivity index (χ2v) is 7.43. The molecular formula is C23H28N2O4. The Morgan fingerprint density at radius 1 is 1.21 bits per heavy atom. The van der Waals surface area contributed by atoms with Crippen molar-refractivity contribution in [2.45, 2.75) is 32.8 Å². The van der Waals surface area contributed by atoms with Crippen LogP contribution in [0.5, 0.6) is 5.75 Å². The Balaban J connectivity index is 1.57. The highest BCUT2D eigenvalue weighted by atomic mass is 16.5. The summed E-state index contributed by atoms with van der Waals surface area (Å²) in [4.78, 5) is 26.5. The van der Waals surface area contributed by atoms with Gasteiger partial charge in [-0.15, -0.1) is 0 Å². The number of nitrogens with zero attached hydrogens (tertiary/aromatic N) is 1. The SMILES string of the molecule is Cc1cccc(NC(=O)CN(C)C(=O)c2cccc(OC[C@@H]3CCCO3)c2)c1C. The molecule has 1 N–H and O–H groups in total. The predicted molar refractivity (Wildman–Crippen MR) is 112 cm³/mol. The van der Waals surface area contributed by atoms with Crippen molar-refractivity contribution in [2.75, 3.05) is 32.1 Å². The molecule has 2 amide bonds. The lowest BCUT2D eigenvalue weighted by Gasteiger charge is -2.18. The Hall–Kier alpha value is -2.86. The molecular weight excluding hydrogens is 368 g/mol. The Morgan fingerprint density at radius 3 is 2.76 bits per heavy atom. The molecule has 1 atom stereocenters. The summed E-state index contributed by atoms with van der Waals surface area (Å²) in [6.07, 6.45) is 2.17. The van der Waals surface area contributed by atoms with Crippen LogP contribution in [-0.4, -0.2) is 49.6 Å². The van der Waals surface area contributed by atoms with Gasteiger partial charge in [-0.2, -0.15) is 0 Å². The predicted octanol–water partition coefficient (Wildman–Crippen LogP) is 3.57. The average molecular weight is 396 g/mol. The van der Waals surface area contributed by atoms with Gasteiger partial charge in [-0.1, -0.05) is 18.2 Å². The van der Waals surface area contributed by atoms with Crippen molar-refractivity contribution in [3.05, 3.63) is 59.2 Å². The second-order valence-electron chi connectivity index (χ2n) is 7.43. The summed E-state index contributed by atoms with van der Waals surface area (Å²) >= 11 is 0. The zero-order valence-electron chi connectivity index (χ0n) is 17.2. The maximum absolute atomic E-state index is 12.7. The van der Waals surface area contributed by atoms with Crippen LogP contribution in [0.3, 0.4) is 0 Å². The number of aryl methyl sites for hydroxylation is 1. The number of likely N-dealkylation sites (N-methyl/N-ethyl adjacent to an activating group) is 1. The Labute approximate surface area is 171 Å². The number of hydrogen-bond acceptors (Lipinski definition) is 4. The molecule has 1 aliphatic rings. The van der Waals surface area contributed by atoms with Crippen molar-refractivity contribution in [1.29, 1.82) is 0 Å². The number of carbonyl (C=O) groups excluding carboxylic acids is 2. The number of amides is 2. The summed E-state index contributed by atoms with van der Waals surface area (Å²) in [6.45, 7) is 5.18. The third-order valence-corrected chi connectivity index (χ3v) is 5.15. The molecule has 2 aromatic carbocycles. The molecule has 0 radical (unpaired) electrons. The van der Waals surface area contributed by atoms with Crippen molar-refractivity contribution in [3.8, 4) is 5.75 Å². The molecule has 6 nitrogen and oxygen atoms in total. The van der Waals surface area contributed by atoms with Gasteiger partial charge in [0.15, 0.2) is 0 Å². The molecule has 154 valence electrons. The Bertz CT molecular complexity index is 875. The number of ether oxygens (including phenoxy) is 2. The fraction of sp³-hybridized carbons (Fsp3) is 0.391. The molecule has 0 aromatic heterocycles. The van der Waals surface area contributed by atoms with Gasteiger partial charge in [0.25, 0.3) is 5.91 Å². The van der Waals surface area contributed by atoms with Crippen molar-refractivity contribution < 1.29 is 19.1 Å². The van der Waals surface area contributed by atoms with Crippen LogP contribution >= 0.6 is 0 Å². The van der Waals surface area contributed by atoms with Gasteiger partial charge in [0.05, 0.1) is 12.6 Å². The first kappa shape index (κ1) is 20.9. The van der Waals surface area contributed by atoms with Crippen molar-refractivity contribution in [1.82, 2.24) is 4.90 Å². The number of benzene rings is 2. The van der Waals surface area contributed by atoms with Gasteiger partial charge in [-0.25, -0.2) is 0 Å². The van der Waals surface area contributed by atoms with Crippen molar-refractivity contribution in [2.24, 2.45) is 0 Å². The summed E-state index contributed by atoms with van der Waals surface area (Å²) in [6, 6.07) is 12.8. The molecule has 1 fully saturated rings. The van der Waals surface area contributed by atoms with Crippen LogP contribution in [0.2, 0.25) is 0 Å². The highest BCUT2D eigenvalue weighted by Crippen LogP contribution is 2.19. The lowest BCUT2D eigenvalue weighted by Crippen LogP contribution is -2.35. The molecule has 6 heteroatoms. The Morgan fingerprint density at radius 2 is 2.00 bits per heavy atom. The summed E-state index contributed by atoms with van der Waals surface area (Å²) in [5.74, 6) is 0.156. The van der Waals surface area contributed by atoms with Crippen LogP contribution in [0, 0.1) is 13.8 Å². The zero-order valence-corrected chi connectivity index (χ0v) is 17.2. The molecule has 1 aliphatic heterocycles. The fourth-order valence-electron chi connectivity index (χ4n) is 3.27. The standard InChI is InChI=1S/C23H28N2O4/c1-16-7-4-11-21(17(16)2)24-22(26)14-25(3)23(27)18-8-5-9-19(13-18)29-15-20-10-6-12-28-20/h4-5,7-9,11,13,20H,6,10,12,14-15H2,1-3H3,(H,24,26)/t20-/m0/s1. The lowest BCUT2D eigenvalue weighted by molar-refractivity contribution is -0.116. The van der Waals surface area contributed by atoms with E-state index in [0.717, 1.165) is 36.3 Å². The van der Waals surface area contributed by atoms with E-state index in [1.54, 1.807) is 25.2 Å². The van der Waals surface area contributed by atoms with E-state index in [4.69, 9.17) is 9.47 Å². The van der Waals surface area contributed by atoms with Crippen molar-refractivity contribution in [3.63, 3.8) is 0 Å². The monoisotopic (exact) mass is 396 g/mol.